The van der Waals surface area contributed by atoms with Gasteiger partial charge in [-0.1, -0.05) is 0 Å². The normalized spacial score (nSPS) is 19.7. The molecule has 1 heterocycles. The Balaban J connectivity index is 3.26. The topological polar surface area (TPSA) is 112 Å². The van der Waals surface area contributed by atoms with E-state index in [-0.39, 0.29) is 11.3 Å². The molecule has 9 heteroatoms. The van der Waals surface area contributed by atoms with Crippen LogP contribution in [0.3, 0.4) is 0 Å². The van der Waals surface area contributed by atoms with Crippen LogP contribution in [0.5, 0.6) is 0 Å². The lowest BCUT2D eigenvalue weighted by Gasteiger charge is -2.29. The molecule has 0 bridgehead atoms. The number of hydrogen-bond donors (Lipinski definition) is 0. The molecule has 0 aliphatic carbocycles. The van der Waals surface area contributed by atoms with E-state index in [4.69, 9.17) is 14.2 Å². The Bertz CT molecular complexity index is 649. The summed E-state index contributed by atoms with van der Waals surface area (Å²) in [7, 11) is 5.33. The van der Waals surface area contributed by atoms with E-state index < -0.39 is 42.3 Å². The Labute approximate surface area is 145 Å². The Hall–Kier alpha value is -2.71. The summed E-state index contributed by atoms with van der Waals surface area (Å²) in [6, 6.07) is 0. The second-order valence-corrected chi connectivity index (χ2v) is 5.62. The number of likely N-dealkylation sites (N-methyl/N-ethyl adjacent to an activating group) is 1. The molecule has 1 rings (SSSR count). The van der Waals surface area contributed by atoms with Gasteiger partial charge in [-0.15, -0.1) is 0 Å². The largest absolute Gasteiger partial charge is 0.468 e. The molecule has 0 aromatic rings. The smallest absolute Gasteiger partial charge is 0.336 e. The van der Waals surface area contributed by atoms with Gasteiger partial charge in [0.1, 0.15) is 11.8 Å². The minimum absolute atomic E-state index is 0.0918. The third-order valence-electron chi connectivity index (χ3n) is 3.78. The van der Waals surface area contributed by atoms with Crippen LogP contribution in [0.15, 0.2) is 16.3 Å². The second-order valence-electron chi connectivity index (χ2n) is 5.62. The third-order valence-corrected chi connectivity index (χ3v) is 3.78. The number of esters is 3. The number of aliphatic imine (C=N–C) groups is 1. The lowest BCUT2D eigenvalue weighted by Crippen LogP contribution is -2.43. The molecular formula is C16H22N2O7. The summed E-state index contributed by atoms with van der Waals surface area (Å²) in [5.74, 6) is -5.32. The van der Waals surface area contributed by atoms with Crippen LogP contribution in [0.25, 0.3) is 0 Å². The van der Waals surface area contributed by atoms with E-state index in [1.807, 2.05) is 0 Å². The Morgan fingerprint density at radius 1 is 1.00 bits per heavy atom. The number of hydrogen-bond acceptors (Lipinski definition) is 8. The van der Waals surface area contributed by atoms with Crippen LogP contribution in [-0.4, -0.2) is 69.3 Å². The van der Waals surface area contributed by atoms with Gasteiger partial charge in [-0.3, -0.25) is 19.4 Å². The fourth-order valence-electron chi connectivity index (χ4n) is 2.45. The molecule has 0 saturated heterocycles. The van der Waals surface area contributed by atoms with E-state index in [9.17, 15) is 19.2 Å². The van der Waals surface area contributed by atoms with Crippen LogP contribution >= 0.6 is 0 Å². The van der Waals surface area contributed by atoms with E-state index in [1.165, 1.54) is 25.9 Å². The van der Waals surface area contributed by atoms with Crippen LogP contribution in [0.2, 0.25) is 0 Å². The lowest BCUT2D eigenvalue weighted by atomic mass is 9.80. The van der Waals surface area contributed by atoms with Crippen molar-refractivity contribution in [3.05, 3.63) is 11.3 Å². The van der Waals surface area contributed by atoms with E-state index in [0.717, 1.165) is 14.2 Å². The van der Waals surface area contributed by atoms with E-state index in [0.29, 0.717) is 5.71 Å². The molecule has 0 aromatic carbocycles. The summed E-state index contributed by atoms with van der Waals surface area (Å²) < 4.78 is 14.4. The average molecular weight is 354 g/mol. The maximum Gasteiger partial charge on any atom is 0.336 e. The van der Waals surface area contributed by atoms with Gasteiger partial charge in [-0.05, 0) is 13.8 Å². The van der Waals surface area contributed by atoms with Gasteiger partial charge < -0.3 is 19.1 Å². The van der Waals surface area contributed by atoms with Gasteiger partial charge in [0.05, 0.1) is 19.8 Å². The molecule has 9 nitrogen and oxygen atoms in total. The van der Waals surface area contributed by atoms with E-state index in [2.05, 4.69) is 4.99 Å². The highest BCUT2D eigenvalue weighted by molar-refractivity contribution is 6.10. The maximum absolute atomic E-state index is 12.6. The number of ether oxygens (including phenoxy) is 3. The van der Waals surface area contributed by atoms with Gasteiger partial charge in [-0.2, -0.15) is 0 Å². The van der Waals surface area contributed by atoms with Crippen molar-refractivity contribution in [3.63, 3.8) is 0 Å². The molecular weight excluding hydrogens is 332 g/mol. The molecule has 0 aromatic heterocycles. The van der Waals surface area contributed by atoms with Gasteiger partial charge in [0, 0.05) is 25.5 Å². The van der Waals surface area contributed by atoms with E-state index in [1.54, 1.807) is 6.92 Å². The maximum atomic E-state index is 12.6. The second kappa shape index (κ2) is 8.41. The highest BCUT2D eigenvalue weighted by Crippen LogP contribution is 2.33. The minimum atomic E-state index is -1.30. The predicted octanol–water partition coefficient (Wildman–Crippen LogP) is -0.0553. The zero-order chi connectivity index (χ0) is 19.3. The Morgan fingerprint density at radius 2 is 1.60 bits per heavy atom. The van der Waals surface area contributed by atoms with Crippen molar-refractivity contribution < 1.29 is 33.4 Å². The number of carbonyl (C=O) groups excluding carboxylic acids is 4. The molecule has 0 fully saturated rings. The first kappa shape index (κ1) is 20.3. The van der Waals surface area contributed by atoms with Crippen molar-refractivity contribution in [2.45, 2.75) is 13.8 Å². The first-order chi connectivity index (χ1) is 11.6. The molecule has 1 amide bonds. The van der Waals surface area contributed by atoms with Crippen LogP contribution in [0, 0.1) is 11.8 Å². The number of nitrogens with zero attached hydrogens (tertiary/aromatic N) is 2. The van der Waals surface area contributed by atoms with Crippen LogP contribution in [-0.2, 0) is 33.4 Å². The van der Waals surface area contributed by atoms with Crippen molar-refractivity contribution in [2.24, 2.45) is 16.8 Å². The quantitative estimate of drug-likeness (QED) is 0.502. The fourth-order valence-corrected chi connectivity index (χ4v) is 2.45. The number of amides is 1. The number of methoxy groups -OCH3 is 2. The summed E-state index contributed by atoms with van der Waals surface area (Å²) in [4.78, 5) is 53.9. The summed E-state index contributed by atoms with van der Waals surface area (Å²) in [5.41, 5.74) is 0.453. The van der Waals surface area contributed by atoms with Gasteiger partial charge >= 0.3 is 17.9 Å². The number of carbonyl (C=O) groups is 4. The molecule has 1 unspecified atom stereocenters. The average Bonchev–Trinajstić information content (AvgIpc) is 2.57. The number of rotatable bonds is 5. The van der Waals surface area contributed by atoms with Crippen LogP contribution in [0.4, 0.5) is 0 Å². The van der Waals surface area contributed by atoms with Crippen molar-refractivity contribution in [1.82, 2.24) is 4.90 Å². The summed E-state index contributed by atoms with van der Waals surface area (Å²) in [5, 5.41) is 0. The first-order valence-corrected chi connectivity index (χ1v) is 7.44. The summed E-state index contributed by atoms with van der Waals surface area (Å²) in [6.07, 6.45) is 0. The van der Waals surface area contributed by atoms with Crippen molar-refractivity contribution in [3.8, 4) is 0 Å². The van der Waals surface area contributed by atoms with Crippen molar-refractivity contribution in [2.75, 3.05) is 34.9 Å². The van der Waals surface area contributed by atoms with Crippen LogP contribution in [0.1, 0.15) is 13.8 Å². The van der Waals surface area contributed by atoms with Gasteiger partial charge in [0.15, 0.2) is 6.61 Å². The fraction of sp³-hybridized carbons (Fsp3) is 0.562. The molecule has 0 spiro atoms. The molecule has 0 saturated carbocycles. The van der Waals surface area contributed by atoms with Gasteiger partial charge in [0.25, 0.3) is 5.91 Å². The highest BCUT2D eigenvalue weighted by Gasteiger charge is 2.46. The minimum Gasteiger partial charge on any atom is -0.468 e. The molecule has 0 N–H and O–H groups in total. The number of allylic oxidation sites excluding steroid dienone is 1. The van der Waals surface area contributed by atoms with E-state index >= 15 is 0 Å². The monoisotopic (exact) mass is 354 g/mol. The first-order valence-electron chi connectivity index (χ1n) is 7.44. The molecule has 0 radical (unpaired) electrons. The molecule has 2 atom stereocenters. The van der Waals surface area contributed by atoms with Gasteiger partial charge in [-0.25, -0.2) is 4.79 Å². The third kappa shape index (κ3) is 4.43. The van der Waals surface area contributed by atoms with Crippen molar-refractivity contribution in [1.29, 1.82) is 0 Å². The SMILES string of the molecule is COC(=O)C1=C(C)N=C(C)C(C(=O)OC)[C@@H]1C(=O)OCC(=O)N(C)C. The molecule has 1 aliphatic heterocycles. The Kier molecular flexibility index (Phi) is 6.84. The molecule has 25 heavy (non-hydrogen) atoms. The van der Waals surface area contributed by atoms with Crippen molar-refractivity contribution >= 4 is 29.5 Å². The zero-order valence-electron chi connectivity index (χ0n) is 15.1. The molecule has 138 valence electrons. The summed E-state index contributed by atoms with van der Waals surface area (Å²) in [6.45, 7) is 2.55. The zero-order valence-corrected chi connectivity index (χ0v) is 15.1. The standard InChI is InChI=1S/C16H22N2O7/c1-8-11(14(20)23-5)13(12(9(2)17-8)15(21)24-6)16(22)25-7-10(19)18(3)4/h11,13H,7H2,1-6H3/t11?,13-/m0/s1. The Morgan fingerprint density at radius 3 is 2.08 bits per heavy atom. The highest BCUT2D eigenvalue weighted by atomic mass is 16.5. The van der Waals surface area contributed by atoms with Gasteiger partial charge in [0.2, 0.25) is 0 Å². The van der Waals surface area contributed by atoms with Crippen LogP contribution < -0.4 is 0 Å². The lowest BCUT2D eigenvalue weighted by molar-refractivity contribution is -0.159. The molecule has 1 aliphatic rings. The summed E-state index contributed by atoms with van der Waals surface area (Å²) >= 11 is 0. The predicted molar refractivity (Wildman–Crippen MR) is 86.5 cm³/mol.